The number of anilines is 1. The van der Waals surface area contributed by atoms with Crippen molar-refractivity contribution in [2.75, 3.05) is 38.4 Å². The summed E-state index contributed by atoms with van der Waals surface area (Å²) in [5.74, 6) is 3.03. The van der Waals surface area contributed by atoms with E-state index in [1.165, 1.54) is 21.7 Å². The van der Waals surface area contributed by atoms with Gasteiger partial charge in [0.1, 0.15) is 5.75 Å². The quantitative estimate of drug-likeness (QED) is 0.543. The van der Waals surface area contributed by atoms with Crippen LogP contribution in [0.1, 0.15) is 28.8 Å². The average molecular weight is 476 g/mol. The first kappa shape index (κ1) is 21.6. The maximum atomic E-state index is 5.65. The highest BCUT2D eigenvalue weighted by atomic mass is 32.2. The van der Waals surface area contributed by atoms with Crippen molar-refractivity contribution in [1.29, 1.82) is 0 Å². The third-order valence-corrected chi connectivity index (χ3v) is 8.29. The van der Waals surface area contributed by atoms with Crippen LogP contribution in [-0.4, -0.2) is 33.5 Å². The van der Waals surface area contributed by atoms with E-state index in [4.69, 9.17) is 14.2 Å². The van der Waals surface area contributed by atoms with E-state index in [1.54, 1.807) is 7.11 Å². The summed E-state index contributed by atoms with van der Waals surface area (Å²) in [6.45, 7) is 3.22. The van der Waals surface area contributed by atoms with E-state index >= 15 is 0 Å². The van der Waals surface area contributed by atoms with Crippen molar-refractivity contribution in [1.82, 2.24) is 10.9 Å². The number of hydrogen-bond donors (Lipinski definition) is 2. The summed E-state index contributed by atoms with van der Waals surface area (Å²) in [5.41, 5.74) is 10.8. The SMILES string of the molecule is COc1ccc2c(c1)SC(c1ccc3c(c1)OCO3)CCN2CC1CNNC1c1ccccc1. The Kier molecular flexibility index (Phi) is 5.99. The molecule has 3 atom stereocenters. The molecule has 0 aromatic heterocycles. The van der Waals surface area contributed by atoms with Crippen molar-refractivity contribution in [3.8, 4) is 17.2 Å². The van der Waals surface area contributed by atoms with Crippen LogP contribution in [0.2, 0.25) is 0 Å². The van der Waals surface area contributed by atoms with E-state index in [9.17, 15) is 0 Å². The Balaban J connectivity index is 1.28. The van der Waals surface area contributed by atoms with Gasteiger partial charge in [-0.05, 0) is 47.9 Å². The second-order valence-corrected chi connectivity index (χ2v) is 10.2. The minimum absolute atomic E-state index is 0.295. The summed E-state index contributed by atoms with van der Waals surface area (Å²) in [6, 6.07) is 23.9. The molecule has 6 nitrogen and oxygen atoms in total. The highest BCUT2D eigenvalue weighted by molar-refractivity contribution is 7.99. The molecule has 0 bridgehead atoms. The van der Waals surface area contributed by atoms with Gasteiger partial charge in [-0.2, -0.15) is 0 Å². The van der Waals surface area contributed by atoms with Crippen molar-refractivity contribution >= 4 is 17.4 Å². The van der Waals surface area contributed by atoms with Crippen molar-refractivity contribution in [2.24, 2.45) is 5.92 Å². The molecule has 3 aliphatic rings. The zero-order valence-corrected chi connectivity index (χ0v) is 20.0. The Labute approximate surface area is 204 Å². The third-order valence-electron chi connectivity index (χ3n) is 6.91. The molecule has 2 N–H and O–H groups in total. The van der Waals surface area contributed by atoms with Crippen LogP contribution in [0.15, 0.2) is 71.6 Å². The van der Waals surface area contributed by atoms with Crippen molar-refractivity contribution in [2.45, 2.75) is 22.6 Å². The van der Waals surface area contributed by atoms with Crippen LogP contribution in [0, 0.1) is 5.92 Å². The van der Waals surface area contributed by atoms with E-state index < -0.39 is 0 Å². The maximum absolute atomic E-state index is 5.65. The van der Waals surface area contributed by atoms with Crippen LogP contribution in [0.5, 0.6) is 17.2 Å². The number of hydrogen-bond acceptors (Lipinski definition) is 7. The Hall–Kier alpha value is -2.87. The molecule has 7 heteroatoms. The second kappa shape index (κ2) is 9.41. The largest absolute Gasteiger partial charge is 0.497 e. The van der Waals surface area contributed by atoms with Gasteiger partial charge in [0.15, 0.2) is 11.5 Å². The smallest absolute Gasteiger partial charge is 0.231 e. The standard InChI is InChI=1S/C27H29N3O3S/c1-31-21-8-9-22-26(14-21)34-25(19-7-10-23-24(13-19)33-17-32-23)11-12-30(22)16-20-15-28-29-27(20)18-5-3-2-4-6-18/h2-10,13-14,20,25,27-29H,11-12,15-17H2,1H3. The van der Waals surface area contributed by atoms with Crippen LogP contribution < -0.4 is 30.0 Å². The predicted octanol–water partition coefficient (Wildman–Crippen LogP) is 4.93. The van der Waals surface area contributed by atoms with Crippen LogP contribution in [0.4, 0.5) is 5.69 Å². The van der Waals surface area contributed by atoms with Crippen molar-refractivity contribution < 1.29 is 14.2 Å². The highest BCUT2D eigenvalue weighted by Crippen LogP contribution is 2.48. The molecule has 6 rings (SSSR count). The number of thioether (sulfide) groups is 1. The average Bonchev–Trinajstić information content (AvgIpc) is 3.51. The summed E-state index contributed by atoms with van der Waals surface area (Å²) in [4.78, 5) is 3.82. The molecular formula is C27H29N3O3S. The summed E-state index contributed by atoms with van der Waals surface area (Å²) in [7, 11) is 1.73. The summed E-state index contributed by atoms with van der Waals surface area (Å²) >= 11 is 1.92. The van der Waals surface area contributed by atoms with Crippen LogP contribution in [0.3, 0.4) is 0 Å². The summed E-state index contributed by atoms with van der Waals surface area (Å²) in [5, 5.41) is 0.329. The number of nitrogens with zero attached hydrogens (tertiary/aromatic N) is 1. The fourth-order valence-electron chi connectivity index (χ4n) is 5.13. The van der Waals surface area contributed by atoms with E-state index in [1.807, 2.05) is 17.8 Å². The molecule has 0 radical (unpaired) electrons. The molecule has 1 saturated heterocycles. The first-order valence-corrected chi connectivity index (χ1v) is 12.7. The van der Waals surface area contributed by atoms with Crippen molar-refractivity contribution in [3.63, 3.8) is 0 Å². The van der Waals surface area contributed by atoms with Gasteiger partial charge in [0.05, 0.1) is 18.8 Å². The minimum Gasteiger partial charge on any atom is -0.497 e. The van der Waals surface area contributed by atoms with Gasteiger partial charge in [-0.3, -0.25) is 5.43 Å². The van der Waals surface area contributed by atoms with E-state index in [0.29, 0.717) is 24.0 Å². The summed E-state index contributed by atoms with van der Waals surface area (Å²) in [6.07, 6.45) is 1.05. The number of rotatable bonds is 5. The molecule has 0 spiro atoms. The first-order valence-electron chi connectivity index (χ1n) is 11.8. The fourth-order valence-corrected chi connectivity index (χ4v) is 6.44. The highest BCUT2D eigenvalue weighted by Gasteiger charge is 2.32. The molecule has 1 fully saturated rings. The molecule has 3 aromatic carbocycles. The van der Waals surface area contributed by atoms with E-state index in [2.05, 4.69) is 76.4 Å². The van der Waals surface area contributed by atoms with Crippen molar-refractivity contribution in [3.05, 3.63) is 77.9 Å². The predicted molar refractivity (Wildman–Crippen MR) is 135 cm³/mol. The molecule has 34 heavy (non-hydrogen) atoms. The zero-order valence-electron chi connectivity index (χ0n) is 19.2. The molecule has 0 saturated carbocycles. The normalized spacial score (nSPS) is 23.4. The van der Waals surface area contributed by atoms with E-state index in [0.717, 1.165) is 43.3 Å². The number of nitrogens with one attached hydrogen (secondary N) is 2. The van der Waals surface area contributed by atoms with E-state index in [-0.39, 0.29) is 0 Å². The lowest BCUT2D eigenvalue weighted by molar-refractivity contribution is 0.174. The maximum Gasteiger partial charge on any atom is 0.231 e. The lowest BCUT2D eigenvalue weighted by Crippen LogP contribution is -2.34. The van der Waals surface area contributed by atoms with Crippen LogP contribution in [-0.2, 0) is 0 Å². The Morgan fingerprint density at radius 2 is 1.88 bits per heavy atom. The lowest BCUT2D eigenvalue weighted by atomic mass is 9.94. The summed E-state index contributed by atoms with van der Waals surface area (Å²) < 4.78 is 16.8. The van der Waals surface area contributed by atoms with Gasteiger partial charge >= 0.3 is 0 Å². The second-order valence-electron chi connectivity index (χ2n) is 8.96. The number of hydrazine groups is 1. The van der Waals surface area contributed by atoms with Gasteiger partial charge in [0.25, 0.3) is 0 Å². The first-order chi connectivity index (χ1) is 16.8. The number of ether oxygens (including phenoxy) is 3. The Morgan fingerprint density at radius 1 is 1.00 bits per heavy atom. The van der Waals surface area contributed by atoms with Gasteiger partial charge in [-0.15, -0.1) is 11.8 Å². The van der Waals surface area contributed by atoms with Gasteiger partial charge < -0.3 is 19.1 Å². The van der Waals surface area contributed by atoms with Crippen LogP contribution >= 0.6 is 11.8 Å². The monoisotopic (exact) mass is 475 g/mol. The third kappa shape index (κ3) is 4.19. The van der Waals surface area contributed by atoms with Gasteiger partial charge in [0.2, 0.25) is 6.79 Å². The van der Waals surface area contributed by atoms with Gasteiger partial charge in [-0.1, -0.05) is 36.4 Å². The number of fused-ring (bicyclic) bond motifs is 2. The molecule has 3 aliphatic heterocycles. The molecule has 3 heterocycles. The Bertz CT molecular complexity index is 1160. The Morgan fingerprint density at radius 3 is 2.76 bits per heavy atom. The molecule has 0 amide bonds. The van der Waals surface area contributed by atoms with Gasteiger partial charge in [-0.25, -0.2) is 5.43 Å². The lowest BCUT2D eigenvalue weighted by Gasteiger charge is -2.30. The fraction of sp³-hybridized carbons (Fsp3) is 0.333. The van der Waals surface area contributed by atoms with Crippen LogP contribution in [0.25, 0.3) is 0 Å². The number of methoxy groups -OCH3 is 1. The molecule has 3 aromatic rings. The molecule has 0 aliphatic carbocycles. The molecule has 176 valence electrons. The molecule has 3 unspecified atom stereocenters. The zero-order chi connectivity index (χ0) is 22.9. The minimum atomic E-state index is 0.295. The molecular weight excluding hydrogens is 446 g/mol. The topological polar surface area (TPSA) is 55.0 Å². The number of benzene rings is 3. The van der Waals surface area contributed by atoms with Gasteiger partial charge in [0, 0.05) is 35.7 Å².